The van der Waals surface area contributed by atoms with Gasteiger partial charge in [0.2, 0.25) is 0 Å². The van der Waals surface area contributed by atoms with E-state index in [1.807, 2.05) is 30.3 Å². The van der Waals surface area contributed by atoms with Crippen LogP contribution in [-0.4, -0.2) is 19.3 Å². The average molecular weight is 262 g/mol. The molecule has 0 saturated carbocycles. The molecule has 0 saturated heterocycles. The van der Waals surface area contributed by atoms with Crippen LogP contribution < -0.4 is 0 Å². The van der Waals surface area contributed by atoms with Gasteiger partial charge in [-0.1, -0.05) is 56.7 Å². The molecule has 0 aliphatic carbocycles. The van der Waals surface area contributed by atoms with Crippen LogP contribution in [0.2, 0.25) is 0 Å². The van der Waals surface area contributed by atoms with Crippen LogP contribution in [0.4, 0.5) is 0 Å². The summed E-state index contributed by atoms with van der Waals surface area (Å²) in [6, 6.07) is 10.0. The van der Waals surface area contributed by atoms with Gasteiger partial charge in [-0.05, 0) is 19.8 Å². The summed E-state index contributed by atoms with van der Waals surface area (Å²) in [5.74, 6) is 0.728. The van der Waals surface area contributed by atoms with E-state index in [2.05, 4.69) is 20.4 Å². The van der Waals surface area contributed by atoms with Gasteiger partial charge in [-0.2, -0.15) is 0 Å². The molecule has 0 spiro atoms. The standard InChI is InChI=1S/C17H26O2/c1-5-6-8-13-17(15(3)18-4)19-14(2)16-11-9-7-10-12-16/h7,9-12,15,17H,2,5-6,8,13H2,1,3-4H3. The second-order valence-corrected chi connectivity index (χ2v) is 4.88. The number of ether oxygens (including phenoxy) is 2. The third-order valence-electron chi connectivity index (χ3n) is 3.38. The lowest BCUT2D eigenvalue weighted by atomic mass is 10.1. The number of unbranched alkanes of at least 4 members (excludes halogenated alkanes) is 2. The summed E-state index contributed by atoms with van der Waals surface area (Å²) in [4.78, 5) is 0. The van der Waals surface area contributed by atoms with Gasteiger partial charge in [0.25, 0.3) is 0 Å². The van der Waals surface area contributed by atoms with Gasteiger partial charge in [0.05, 0.1) is 6.10 Å². The Morgan fingerprint density at radius 2 is 1.89 bits per heavy atom. The Morgan fingerprint density at radius 1 is 1.21 bits per heavy atom. The van der Waals surface area contributed by atoms with Crippen molar-refractivity contribution in [2.24, 2.45) is 0 Å². The summed E-state index contributed by atoms with van der Waals surface area (Å²) in [5, 5.41) is 0. The van der Waals surface area contributed by atoms with E-state index in [1.165, 1.54) is 12.8 Å². The minimum Gasteiger partial charge on any atom is -0.488 e. The third kappa shape index (κ3) is 5.48. The van der Waals surface area contributed by atoms with Gasteiger partial charge in [-0.3, -0.25) is 0 Å². The number of hydrogen-bond donors (Lipinski definition) is 0. The lowest BCUT2D eigenvalue weighted by molar-refractivity contribution is -0.00491. The Hall–Kier alpha value is -1.28. The molecule has 1 aromatic rings. The summed E-state index contributed by atoms with van der Waals surface area (Å²) in [6.07, 6.45) is 4.77. The van der Waals surface area contributed by atoms with E-state index >= 15 is 0 Å². The summed E-state index contributed by atoms with van der Waals surface area (Å²) in [6.45, 7) is 8.29. The normalized spacial score (nSPS) is 13.8. The van der Waals surface area contributed by atoms with Gasteiger partial charge < -0.3 is 9.47 Å². The molecule has 2 atom stereocenters. The van der Waals surface area contributed by atoms with Crippen LogP contribution in [0.15, 0.2) is 36.9 Å². The third-order valence-corrected chi connectivity index (χ3v) is 3.38. The summed E-state index contributed by atoms with van der Waals surface area (Å²) in [5.41, 5.74) is 1.03. The van der Waals surface area contributed by atoms with Crippen LogP contribution in [0.25, 0.3) is 5.76 Å². The predicted octanol–water partition coefficient (Wildman–Crippen LogP) is 4.66. The Bertz CT molecular complexity index is 359. The van der Waals surface area contributed by atoms with Crippen LogP contribution in [0.3, 0.4) is 0 Å². The molecule has 2 unspecified atom stereocenters. The van der Waals surface area contributed by atoms with Crippen LogP contribution in [0, 0.1) is 0 Å². The fraction of sp³-hybridized carbons (Fsp3) is 0.529. The van der Waals surface area contributed by atoms with E-state index in [1.54, 1.807) is 7.11 Å². The zero-order valence-corrected chi connectivity index (χ0v) is 12.4. The molecular weight excluding hydrogens is 236 g/mol. The highest BCUT2D eigenvalue weighted by Gasteiger charge is 2.19. The molecule has 1 rings (SSSR count). The van der Waals surface area contributed by atoms with Gasteiger partial charge in [-0.25, -0.2) is 0 Å². The number of methoxy groups -OCH3 is 1. The van der Waals surface area contributed by atoms with Crippen molar-refractivity contribution in [3.05, 3.63) is 42.5 Å². The van der Waals surface area contributed by atoms with Gasteiger partial charge in [0.1, 0.15) is 11.9 Å². The van der Waals surface area contributed by atoms with E-state index in [9.17, 15) is 0 Å². The summed E-state index contributed by atoms with van der Waals surface area (Å²) in [7, 11) is 1.73. The molecule has 0 aliphatic heterocycles. The van der Waals surface area contributed by atoms with E-state index < -0.39 is 0 Å². The molecule has 0 bridgehead atoms. The molecule has 19 heavy (non-hydrogen) atoms. The molecule has 1 aromatic carbocycles. The maximum absolute atomic E-state index is 6.02. The van der Waals surface area contributed by atoms with Crippen molar-refractivity contribution in [1.82, 2.24) is 0 Å². The van der Waals surface area contributed by atoms with Crippen molar-refractivity contribution in [2.45, 2.75) is 51.7 Å². The van der Waals surface area contributed by atoms with Gasteiger partial charge in [-0.15, -0.1) is 0 Å². The first-order chi connectivity index (χ1) is 9.19. The van der Waals surface area contributed by atoms with Gasteiger partial charge >= 0.3 is 0 Å². The van der Waals surface area contributed by atoms with Crippen molar-refractivity contribution < 1.29 is 9.47 Å². The molecule has 2 nitrogen and oxygen atoms in total. The van der Waals surface area contributed by atoms with Gasteiger partial charge in [0, 0.05) is 12.7 Å². The fourth-order valence-electron chi connectivity index (χ4n) is 2.01. The van der Waals surface area contributed by atoms with Crippen molar-refractivity contribution in [1.29, 1.82) is 0 Å². The topological polar surface area (TPSA) is 18.5 Å². The second-order valence-electron chi connectivity index (χ2n) is 4.88. The highest BCUT2D eigenvalue weighted by atomic mass is 16.5. The molecule has 0 aromatic heterocycles. The minimum absolute atomic E-state index is 0.0734. The molecular formula is C17H26O2. The van der Waals surface area contributed by atoms with Crippen molar-refractivity contribution >= 4 is 5.76 Å². The first-order valence-electron chi connectivity index (χ1n) is 7.12. The zero-order valence-electron chi connectivity index (χ0n) is 12.4. The molecule has 106 valence electrons. The first kappa shape index (κ1) is 15.8. The highest BCUT2D eigenvalue weighted by Crippen LogP contribution is 2.21. The van der Waals surface area contributed by atoms with Crippen molar-refractivity contribution in [2.75, 3.05) is 7.11 Å². The number of rotatable bonds is 9. The molecule has 0 heterocycles. The SMILES string of the molecule is C=C(OC(CCCCC)C(C)OC)c1ccccc1. The number of hydrogen-bond acceptors (Lipinski definition) is 2. The van der Waals surface area contributed by atoms with Crippen molar-refractivity contribution in [3.63, 3.8) is 0 Å². The predicted molar refractivity (Wildman–Crippen MR) is 81.0 cm³/mol. The fourth-order valence-corrected chi connectivity index (χ4v) is 2.01. The van der Waals surface area contributed by atoms with Crippen LogP contribution in [-0.2, 0) is 9.47 Å². The maximum Gasteiger partial charge on any atom is 0.124 e. The zero-order chi connectivity index (χ0) is 14.1. The quantitative estimate of drug-likeness (QED) is 0.476. The van der Waals surface area contributed by atoms with E-state index in [-0.39, 0.29) is 12.2 Å². The second kappa shape index (κ2) is 8.76. The van der Waals surface area contributed by atoms with E-state index in [0.29, 0.717) is 0 Å². The van der Waals surface area contributed by atoms with Crippen LogP contribution in [0.1, 0.15) is 45.1 Å². The monoisotopic (exact) mass is 262 g/mol. The Morgan fingerprint density at radius 3 is 2.47 bits per heavy atom. The Balaban J connectivity index is 2.58. The van der Waals surface area contributed by atoms with Crippen molar-refractivity contribution in [3.8, 4) is 0 Å². The minimum atomic E-state index is 0.0734. The summed E-state index contributed by atoms with van der Waals surface area (Å²) >= 11 is 0. The van der Waals surface area contributed by atoms with Crippen LogP contribution in [0.5, 0.6) is 0 Å². The first-order valence-corrected chi connectivity index (χ1v) is 7.12. The van der Waals surface area contributed by atoms with Gasteiger partial charge in [0.15, 0.2) is 0 Å². The van der Waals surface area contributed by atoms with E-state index in [4.69, 9.17) is 9.47 Å². The maximum atomic E-state index is 6.02. The molecule has 2 heteroatoms. The average Bonchev–Trinajstić information content (AvgIpc) is 2.46. The molecule has 0 aliphatic rings. The Kier molecular flexibility index (Phi) is 7.27. The molecule has 0 radical (unpaired) electrons. The lowest BCUT2D eigenvalue weighted by Crippen LogP contribution is -2.27. The molecule has 0 amide bonds. The molecule has 0 N–H and O–H groups in total. The van der Waals surface area contributed by atoms with Crippen LogP contribution >= 0.6 is 0 Å². The van der Waals surface area contributed by atoms with E-state index in [0.717, 1.165) is 24.2 Å². The largest absolute Gasteiger partial charge is 0.488 e. The molecule has 0 fully saturated rings. The highest BCUT2D eigenvalue weighted by molar-refractivity contribution is 5.57. The lowest BCUT2D eigenvalue weighted by Gasteiger charge is -2.25. The summed E-state index contributed by atoms with van der Waals surface area (Å²) < 4.78 is 11.4. The number of benzene rings is 1. The smallest absolute Gasteiger partial charge is 0.124 e. The Labute approximate surface area is 117 Å².